The van der Waals surface area contributed by atoms with Crippen molar-refractivity contribution < 1.29 is 9.53 Å². The van der Waals surface area contributed by atoms with Gasteiger partial charge >= 0.3 is 0 Å². The van der Waals surface area contributed by atoms with Crippen LogP contribution in [0.15, 0.2) is 12.7 Å². The molecule has 0 fully saturated rings. The predicted molar refractivity (Wildman–Crippen MR) is 63.4 cm³/mol. The Morgan fingerprint density at radius 3 is 2.94 bits per heavy atom. The summed E-state index contributed by atoms with van der Waals surface area (Å²) in [6.45, 7) is 2.17. The number of rotatable bonds is 8. The third kappa shape index (κ3) is 5.44. The number of aromatic nitrogens is 3. The third-order valence-corrected chi connectivity index (χ3v) is 2.51. The normalized spacial score (nSPS) is 10.5. The van der Waals surface area contributed by atoms with Gasteiger partial charge in [0.05, 0.1) is 0 Å². The summed E-state index contributed by atoms with van der Waals surface area (Å²) in [6, 6.07) is 0. The molecule has 96 valence electrons. The second-order valence-corrected chi connectivity index (χ2v) is 3.92. The molecule has 1 aromatic heterocycles. The van der Waals surface area contributed by atoms with E-state index in [4.69, 9.17) is 4.74 Å². The van der Waals surface area contributed by atoms with Crippen molar-refractivity contribution >= 4 is 5.91 Å². The highest BCUT2D eigenvalue weighted by molar-refractivity contribution is 5.75. The van der Waals surface area contributed by atoms with Crippen molar-refractivity contribution in [2.45, 2.75) is 25.8 Å². The Balaban J connectivity index is 2.11. The molecule has 0 aromatic carbocycles. The number of carbonyl (C=O) groups excluding carboxylic acids is 1. The minimum Gasteiger partial charge on any atom is -0.385 e. The molecule has 1 amide bonds. The van der Waals surface area contributed by atoms with Gasteiger partial charge in [-0.05, 0) is 12.8 Å². The van der Waals surface area contributed by atoms with Gasteiger partial charge in [0.2, 0.25) is 5.91 Å². The molecular formula is C11H20N4O2. The number of nitrogens with zero attached hydrogens (tertiary/aromatic N) is 4. The van der Waals surface area contributed by atoms with Crippen LogP contribution in [0.25, 0.3) is 0 Å². The summed E-state index contributed by atoms with van der Waals surface area (Å²) in [5.74, 6) is 0.168. The van der Waals surface area contributed by atoms with Gasteiger partial charge in [-0.15, -0.1) is 0 Å². The van der Waals surface area contributed by atoms with Crippen molar-refractivity contribution in [1.29, 1.82) is 0 Å². The lowest BCUT2D eigenvalue weighted by Crippen LogP contribution is -2.28. The van der Waals surface area contributed by atoms with E-state index in [9.17, 15) is 4.79 Å². The number of methoxy groups -OCH3 is 1. The molecule has 0 spiro atoms. The van der Waals surface area contributed by atoms with Crippen LogP contribution in [0.4, 0.5) is 0 Å². The van der Waals surface area contributed by atoms with Crippen molar-refractivity contribution in [2.24, 2.45) is 0 Å². The minimum absolute atomic E-state index is 0.168. The lowest BCUT2D eigenvalue weighted by molar-refractivity contribution is -0.130. The maximum Gasteiger partial charge on any atom is 0.222 e. The van der Waals surface area contributed by atoms with Crippen LogP contribution in [0.1, 0.15) is 19.3 Å². The second-order valence-electron chi connectivity index (χ2n) is 3.92. The second kappa shape index (κ2) is 7.78. The summed E-state index contributed by atoms with van der Waals surface area (Å²) in [6.07, 6.45) is 5.37. The maximum atomic E-state index is 11.7. The van der Waals surface area contributed by atoms with E-state index in [0.717, 1.165) is 25.9 Å². The molecule has 0 bridgehead atoms. The fourth-order valence-electron chi connectivity index (χ4n) is 1.50. The first kappa shape index (κ1) is 13.6. The number of ether oxygens (including phenoxy) is 1. The molecular weight excluding hydrogens is 220 g/mol. The highest BCUT2D eigenvalue weighted by Crippen LogP contribution is 1.99. The molecule has 1 aromatic rings. The highest BCUT2D eigenvalue weighted by atomic mass is 16.5. The standard InChI is InChI=1S/C11H20N4O2/c1-14(6-4-8-17-2)11(16)5-3-7-15-10-12-9-13-15/h9-10H,3-8H2,1-2H3. The average Bonchev–Trinajstić information content (AvgIpc) is 2.82. The Bertz CT molecular complexity index is 313. The van der Waals surface area contributed by atoms with Crippen LogP contribution >= 0.6 is 0 Å². The van der Waals surface area contributed by atoms with Crippen molar-refractivity contribution in [3.8, 4) is 0 Å². The van der Waals surface area contributed by atoms with Crippen LogP contribution in [-0.2, 0) is 16.1 Å². The molecule has 6 nitrogen and oxygen atoms in total. The van der Waals surface area contributed by atoms with Gasteiger partial charge in [0.25, 0.3) is 0 Å². The van der Waals surface area contributed by atoms with Gasteiger partial charge < -0.3 is 9.64 Å². The van der Waals surface area contributed by atoms with Gasteiger partial charge in [-0.1, -0.05) is 0 Å². The predicted octanol–water partition coefficient (Wildman–Crippen LogP) is 0.553. The van der Waals surface area contributed by atoms with Crippen LogP contribution in [0.2, 0.25) is 0 Å². The van der Waals surface area contributed by atoms with Crippen LogP contribution < -0.4 is 0 Å². The lowest BCUT2D eigenvalue weighted by atomic mass is 10.2. The quantitative estimate of drug-likeness (QED) is 0.623. The molecule has 0 aliphatic heterocycles. The van der Waals surface area contributed by atoms with Crippen molar-refractivity contribution in [2.75, 3.05) is 27.3 Å². The number of amides is 1. The van der Waals surface area contributed by atoms with Crippen molar-refractivity contribution in [3.63, 3.8) is 0 Å². The minimum atomic E-state index is 0.168. The monoisotopic (exact) mass is 240 g/mol. The molecule has 0 saturated heterocycles. The Morgan fingerprint density at radius 2 is 2.29 bits per heavy atom. The summed E-state index contributed by atoms with van der Waals surface area (Å²) in [5.41, 5.74) is 0. The first-order valence-electron chi connectivity index (χ1n) is 5.79. The summed E-state index contributed by atoms with van der Waals surface area (Å²) in [7, 11) is 3.49. The topological polar surface area (TPSA) is 60.2 Å². The Hall–Kier alpha value is -1.43. The first-order chi connectivity index (χ1) is 8.24. The van der Waals surface area contributed by atoms with Crippen LogP contribution in [0.5, 0.6) is 0 Å². The Morgan fingerprint density at radius 1 is 1.47 bits per heavy atom. The van der Waals surface area contributed by atoms with Gasteiger partial charge in [0.1, 0.15) is 12.7 Å². The van der Waals surface area contributed by atoms with Crippen LogP contribution in [0.3, 0.4) is 0 Å². The number of aryl methyl sites for hydroxylation is 1. The van der Waals surface area contributed by atoms with E-state index in [2.05, 4.69) is 10.1 Å². The smallest absolute Gasteiger partial charge is 0.222 e. The molecule has 0 N–H and O–H groups in total. The highest BCUT2D eigenvalue weighted by Gasteiger charge is 2.07. The van der Waals surface area contributed by atoms with E-state index in [0.29, 0.717) is 13.0 Å². The molecule has 0 aliphatic carbocycles. The number of carbonyl (C=O) groups is 1. The molecule has 0 saturated carbocycles. The molecule has 1 heterocycles. The Labute approximate surface area is 102 Å². The summed E-state index contributed by atoms with van der Waals surface area (Å²) < 4.78 is 6.68. The van der Waals surface area contributed by atoms with Gasteiger partial charge in [0, 0.05) is 40.3 Å². The van der Waals surface area contributed by atoms with Gasteiger partial charge in [-0.25, -0.2) is 4.98 Å². The molecule has 0 unspecified atom stereocenters. The van der Waals surface area contributed by atoms with Crippen molar-refractivity contribution in [1.82, 2.24) is 19.7 Å². The SMILES string of the molecule is COCCCN(C)C(=O)CCCn1cncn1. The van der Waals surface area contributed by atoms with Crippen molar-refractivity contribution in [3.05, 3.63) is 12.7 Å². The zero-order valence-corrected chi connectivity index (χ0v) is 10.5. The van der Waals surface area contributed by atoms with E-state index < -0.39 is 0 Å². The zero-order valence-electron chi connectivity index (χ0n) is 10.5. The summed E-state index contributed by atoms with van der Waals surface area (Å²) in [4.78, 5) is 17.3. The van der Waals surface area contributed by atoms with E-state index in [1.165, 1.54) is 6.33 Å². The van der Waals surface area contributed by atoms with Gasteiger partial charge in [-0.2, -0.15) is 5.10 Å². The van der Waals surface area contributed by atoms with Crippen LogP contribution in [0, 0.1) is 0 Å². The number of hydrogen-bond acceptors (Lipinski definition) is 4. The number of hydrogen-bond donors (Lipinski definition) is 0. The lowest BCUT2D eigenvalue weighted by Gasteiger charge is -2.16. The molecule has 0 aliphatic rings. The Kier molecular flexibility index (Phi) is 6.24. The van der Waals surface area contributed by atoms with E-state index >= 15 is 0 Å². The fraction of sp³-hybridized carbons (Fsp3) is 0.727. The molecule has 0 radical (unpaired) electrons. The zero-order chi connectivity index (χ0) is 12.5. The molecule has 0 atom stereocenters. The summed E-state index contributed by atoms with van der Waals surface area (Å²) >= 11 is 0. The summed E-state index contributed by atoms with van der Waals surface area (Å²) in [5, 5.41) is 3.98. The molecule has 6 heteroatoms. The maximum absolute atomic E-state index is 11.7. The first-order valence-corrected chi connectivity index (χ1v) is 5.79. The van der Waals surface area contributed by atoms with E-state index in [1.807, 2.05) is 7.05 Å². The van der Waals surface area contributed by atoms with Crippen LogP contribution in [-0.4, -0.2) is 52.9 Å². The third-order valence-electron chi connectivity index (χ3n) is 2.51. The van der Waals surface area contributed by atoms with Gasteiger partial charge in [-0.3, -0.25) is 9.48 Å². The van der Waals surface area contributed by atoms with E-state index in [1.54, 1.807) is 23.0 Å². The van der Waals surface area contributed by atoms with Gasteiger partial charge in [0.15, 0.2) is 0 Å². The average molecular weight is 240 g/mol. The van der Waals surface area contributed by atoms with E-state index in [-0.39, 0.29) is 5.91 Å². The molecule has 17 heavy (non-hydrogen) atoms. The molecule has 1 rings (SSSR count). The fourth-order valence-corrected chi connectivity index (χ4v) is 1.50. The largest absolute Gasteiger partial charge is 0.385 e.